The van der Waals surface area contributed by atoms with Gasteiger partial charge in [0.1, 0.15) is 6.61 Å². The molecule has 0 spiro atoms. The number of aromatic nitrogens is 1. The van der Waals surface area contributed by atoms with Crippen LogP contribution in [0.3, 0.4) is 0 Å². The summed E-state index contributed by atoms with van der Waals surface area (Å²) in [5, 5.41) is 11.9. The zero-order valence-corrected chi connectivity index (χ0v) is 12.3. The van der Waals surface area contributed by atoms with Crippen molar-refractivity contribution in [2.24, 2.45) is 0 Å². The van der Waals surface area contributed by atoms with Crippen LogP contribution in [0.5, 0.6) is 0 Å². The highest BCUT2D eigenvalue weighted by Crippen LogP contribution is 2.22. The Labute approximate surface area is 127 Å². The number of hydrogen-bond donors (Lipinski definition) is 2. The Bertz CT molecular complexity index is 741. The maximum absolute atomic E-state index is 12.2. The second-order valence-corrected chi connectivity index (χ2v) is 4.69. The van der Waals surface area contributed by atoms with E-state index in [9.17, 15) is 4.79 Å². The average Bonchev–Trinajstić information content (AvgIpc) is 2.77. The SMILES string of the molecule is Cc1nc(C)c(C(=O)Nc2cc(Cl)ccc2C#CCO)o1. The monoisotopic (exact) mass is 304 g/mol. The molecule has 1 aromatic heterocycles. The molecule has 0 unspecified atom stereocenters. The molecule has 0 aliphatic rings. The first-order valence-electron chi connectivity index (χ1n) is 6.16. The number of carbonyl (C=O) groups excluding carboxylic acids is 1. The fraction of sp³-hybridized carbons (Fsp3) is 0.200. The fourth-order valence-corrected chi connectivity index (χ4v) is 1.96. The number of amides is 1. The molecule has 2 rings (SSSR count). The van der Waals surface area contributed by atoms with Crippen molar-refractivity contribution >= 4 is 23.2 Å². The number of benzene rings is 1. The molecule has 0 aliphatic carbocycles. The predicted octanol–water partition coefficient (Wildman–Crippen LogP) is 2.54. The number of halogens is 1. The van der Waals surface area contributed by atoms with E-state index in [1.807, 2.05) is 0 Å². The first-order chi connectivity index (χ1) is 10.0. The summed E-state index contributed by atoms with van der Waals surface area (Å²) in [6, 6.07) is 4.90. The molecule has 21 heavy (non-hydrogen) atoms. The molecule has 0 aliphatic heterocycles. The zero-order chi connectivity index (χ0) is 15.4. The van der Waals surface area contributed by atoms with Gasteiger partial charge in [-0.25, -0.2) is 4.98 Å². The molecule has 5 nitrogen and oxygen atoms in total. The molecule has 0 saturated heterocycles. The topological polar surface area (TPSA) is 75.4 Å². The van der Waals surface area contributed by atoms with Gasteiger partial charge in [0, 0.05) is 17.5 Å². The van der Waals surface area contributed by atoms with Gasteiger partial charge < -0.3 is 14.8 Å². The summed E-state index contributed by atoms with van der Waals surface area (Å²) in [7, 11) is 0. The van der Waals surface area contributed by atoms with E-state index in [0.29, 0.717) is 27.9 Å². The Morgan fingerprint density at radius 1 is 1.48 bits per heavy atom. The summed E-state index contributed by atoms with van der Waals surface area (Å²) < 4.78 is 5.27. The van der Waals surface area contributed by atoms with Crippen molar-refractivity contribution < 1.29 is 14.3 Å². The Kier molecular flexibility index (Phi) is 4.63. The van der Waals surface area contributed by atoms with Crippen LogP contribution in [0.1, 0.15) is 27.7 Å². The molecule has 1 heterocycles. The third-order valence-corrected chi connectivity index (χ3v) is 2.88. The lowest BCUT2D eigenvalue weighted by molar-refractivity contribution is 0.0994. The van der Waals surface area contributed by atoms with Crippen LogP contribution < -0.4 is 5.32 Å². The van der Waals surface area contributed by atoms with E-state index in [4.69, 9.17) is 21.1 Å². The summed E-state index contributed by atoms with van der Waals surface area (Å²) in [5.74, 6) is 5.41. The van der Waals surface area contributed by atoms with E-state index in [-0.39, 0.29) is 12.4 Å². The quantitative estimate of drug-likeness (QED) is 0.836. The second kappa shape index (κ2) is 6.44. The van der Waals surface area contributed by atoms with Crippen molar-refractivity contribution in [3.8, 4) is 11.8 Å². The van der Waals surface area contributed by atoms with E-state index in [1.165, 1.54) is 0 Å². The van der Waals surface area contributed by atoms with Crippen molar-refractivity contribution in [2.45, 2.75) is 13.8 Å². The largest absolute Gasteiger partial charge is 0.436 e. The summed E-state index contributed by atoms with van der Waals surface area (Å²) in [5.41, 5.74) is 1.51. The van der Waals surface area contributed by atoms with Crippen molar-refractivity contribution in [1.82, 2.24) is 4.98 Å². The van der Waals surface area contributed by atoms with Gasteiger partial charge in [0.05, 0.1) is 11.4 Å². The van der Waals surface area contributed by atoms with Crippen molar-refractivity contribution in [3.05, 3.63) is 46.1 Å². The number of aliphatic hydroxyl groups excluding tert-OH is 1. The Morgan fingerprint density at radius 3 is 2.86 bits per heavy atom. The number of nitrogens with zero attached hydrogens (tertiary/aromatic N) is 1. The van der Waals surface area contributed by atoms with Gasteiger partial charge in [0.25, 0.3) is 5.91 Å². The van der Waals surface area contributed by atoms with Crippen LogP contribution in [0.15, 0.2) is 22.6 Å². The summed E-state index contributed by atoms with van der Waals surface area (Å²) in [4.78, 5) is 16.2. The Morgan fingerprint density at radius 2 is 2.24 bits per heavy atom. The van der Waals surface area contributed by atoms with Gasteiger partial charge in [-0.3, -0.25) is 4.79 Å². The zero-order valence-electron chi connectivity index (χ0n) is 11.5. The van der Waals surface area contributed by atoms with Gasteiger partial charge in [-0.15, -0.1) is 0 Å². The second-order valence-electron chi connectivity index (χ2n) is 4.25. The highest BCUT2D eigenvalue weighted by atomic mass is 35.5. The molecular formula is C15H13ClN2O3. The van der Waals surface area contributed by atoms with Gasteiger partial charge in [0.15, 0.2) is 5.89 Å². The molecule has 108 valence electrons. The fourth-order valence-electron chi connectivity index (χ4n) is 1.78. The van der Waals surface area contributed by atoms with Gasteiger partial charge in [-0.05, 0) is 25.1 Å². The molecule has 1 amide bonds. The molecule has 0 radical (unpaired) electrons. The lowest BCUT2D eigenvalue weighted by Gasteiger charge is -2.07. The van der Waals surface area contributed by atoms with Crippen molar-refractivity contribution in [3.63, 3.8) is 0 Å². The van der Waals surface area contributed by atoms with Gasteiger partial charge in [-0.2, -0.15) is 0 Å². The normalized spacial score (nSPS) is 9.90. The minimum absolute atomic E-state index is 0.147. The first kappa shape index (κ1) is 15.1. The number of rotatable bonds is 2. The van der Waals surface area contributed by atoms with Gasteiger partial charge in [-0.1, -0.05) is 23.4 Å². The molecule has 1 aromatic carbocycles. The Hall–Kier alpha value is -2.29. The van der Waals surface area contributed by atoms with Crippen LogP contribution in [-0.2, 0) is 0 Å². The molecular weight excluding hydrogens is 292 g/mol. The average molecular weight is 305 g/mol. The molecule has 2 aromatic rings. The summed E-state index contributed by atoms with van der Waals surface area (Å²) in [6.45, 7) is 3.09. The molecule has 0 atom stereocenters. The van der Waals surface area contributed by atoms with E-state index in [1.54, 1.807) is 32.0 Å². The lowest BCUT2D eigenvalue weighted by atomic mass is 10.1. The molecule has 0 fully saturated rings. The van der Waals surface area contributed by atoms with E-state index in [2.05, 4.69) is 22.1 Å². The highest BCUT2D eigenvalue weighted by molar-refractivity contribution is 6.31. The van der Waals surface area contributed by atoms with Crippen LogP contribution >= 0.6 is 11.6 Å². The third-order valence-electron chi connectivity index (χ3n) is 2.64. The number of aliphatic hydroxyl groups is 1. The number of aryl methyl sites for hydroxylation is 2. The minimum Gasteiger partial charge on any atom is -0.436 e. The molecule has 2 N–H and O–H groups in total. The number of oxazole rings is 1. The van der Waals surface area contributed by atoms with Crippen molar-refractivity contribution in [1.29, 1.82) is 0 Å². The number of anilines is 1. The van der Waals surface area contributed by atoms with Crippen LogP contribution in [0, 0.1) is 25.7 Å². The van der Waals surface area contributed by atoms with Gasteiger partial charge >= 0.3 is 0 Å². The number of carbonyl (C=O) groups is 1. The standard InChI is InChI=1S/C15H13ClN2O3/c1-9-14(21-10(2)17-9)15(20)18-13-8-12(16)6-5-11(13)4-3-7-19/h5-6,8,19H,7H2,1-2H3,(H,18,20). The van der Waals surface area contributed by atoms with Crippen LogP contribution in [0.2, 0.25) is 5.02 Å². The lowest BCUT2D eigenvalue weighted by Crippen LogP contribution is -2.13. The van der Waals surface area contributed by atoms with Crippen LogP contribution in [0.25, 0.3) is 0 Å². The molecule has 0 saturated carbocycles. The first-order valence-corrected chi connectivity index (χ1v) is 6.53. The van der Waals surface area contributed by atoms with E-state index >= 15 is 0 Å². The number of hydrogen-bond acceptors (Lipinski definition) is 4. The third kappa shape index (κ3) is 3.63. The minimum atomic E-state index is -0.428. The molecule has 0 bridgehead atoms. The van der Waals surface area contributed by atoms with E-state index in [0.717, 1.165) is 0 Å². The maximum Gasteiger partial charge on any atom is 0.293 e. The maximum atomic E-state index is 12.2. The van der Waals surface area contributed by atoms with Gasteiger partial charge in [0.2, 0.25) is 5.76 Å². The van der Waals surface area contributed by atoms with Crippen LogP contribution in [-0.4, -0.2) is 22.6 Å². The van der Waals surface area contributed by atoms with E-state index < -0.39 is 5.91 Å². The smallest absolute Gasteiger partial charge is 0.293 e. The predicted molar refractivity (Wildman–Crippen MR) is 79.3 cm³/mol. The Balaban J connectivity index is 2.32. The summed E-state index contributed by atoms with van der Waals surface area (Å²) >= 11 is 5.93. The molecule has 6 heteroatoms. The number of nitrogens with one attached hydrogen (secondary N) is 1. The van der Waals surface area contributed by atoms with Crippen molar-refractivity contribution in [2.75, 3.05) is 11.9 Å². The summed E-state index contributed by atoms with van der Waals surface area (Å²) in [6.07, 6.45) is 0. The van der Waals surface area contributed by atoms with Crippen LogP contribution in [0.4, 0.5) is 5.69 Å². The highest BCUT2D eigenvalue weighted by Gasteiger charge is 2.17.